The Hall–Kier alpha value is -2.47. The van der Waals surface area contributed by atoms with Crippen molar-refractivity contribution in [3.63, 3.8) is 0 Å². The summed E-state index contributed by atoms with van der Waals surface area (Å²) in [5.41, 5.74) is 3.00. The Morgan fingerprint density at radius 1 is 1.33 bits per heavy atom. The van der Waals surface area contributed by atoms with Crippen molar-refractivity contribution in [1.82, 2.24) is 4.57 Å². The lowest BCUT2D eigenvalue weighted by Gasteiger charge is -2.39. The quantitative estimate of drug-likeness (QED) is 0.305. The zero-order valence-corrected chi connectivity index (χ0v) is 18.9. The average molecular weight is 433 g/mol. The van der Waals surface area contributed by atoms with Crippen LogP contribution in [0, 0.1) is 5.41 Å². The van der Waals surface area contributed by atoms with Gasteiger partial charge in [0.1, 0.15) is 16.7 Å². The van der Waals surface area contributed by atoms with Gasteiger partial charge in [-0.25, -0.2) is 4.79 Å². The van der Waals surface area contributed by atoms with Gasteiger partial charge in [0.05, 0.1) is 24.4 Å². The number of methoxy groups -OCH3 is 1. The molecule has 1 aliphatic heterocycles. The summed E-state index contributed by atoms with van der Waals surface area (Å²) in [6.45, 7) is 9.23. The number of aromatic nitrogens is 1. The van der Waals surface area contributed by atoms with Crippen molar-refractivity contribution in [2.45, 2.75) is 53.0 Å². The van der Waals surface area contributed by atoms with E-state index in [4.69, 9.17) is 21.1 Å². The van der Waals surface area contributed by atoms with Crippen molar-refractivity contribution in [3.05, 3.63) is 45.9 Å². The van der Waals surface area contributed by atoms with Gasteiger partial charge in [-0.1, -0.05) is 50.9 Å². The first-order chi connectivity index (χ1) is 14.2. The van der Waals surface area contributed by atoms with Crippen molar-refractivity contribution in [2.75, 3.05) is 13.7 Å². The van der Waals surface area contributed by atoms with Crippen LogP contribution in [-0.4, -0.2) is 29.5 Å². The van der Waals surface area contributed by atoms with Gasteiger partial charge in [0, 0.05) is 17.8 Å². The minimum Gasteiger partial charge on any atom is -0.492 e. The van der Waals surface area contributed by atoms with Gasteiger partial charge in [-0.3, -0.25) is 0 Å². The van der Waals surface area contributed by atoms with Crippen molar-refractivity contribution in [2.24, 2.45) is 10.6 Å². The summed E-state index contributed by atoms with van der Waals surface area (Å²) >= 11 is 6.53. The first-order valence-electron chi connectivity index (χ1n) is 10.2. The van der Waals surface area contributed by atoms with E-state index in [1.165, 1.54) is 7.11 Å². The maximum atomic E-state index is 12.3. The summed E-state index contributed by atoms with van der Waals surface area (Å²) in [5, 5.41) is 13.5. The summed E-state index contributed by atoms with van der Waals surface area (Å²) < 4.78 is 12.9. The largest absolute Gasteiger partial charge is 0.492 e. The number of unbranched alkanes of at least 4 members (excludes halogenated alkanes) is 1. The molecule has 1 atom stereocenters. The first kappa shape index (κ1) is 22.2. The molecule has 1 aromatic heterocycles. The van der Waals surface area contributed by atoms with Crippen LogP contribution < -0.4 is 10.1 Å². The van der Waals surface area contributed by atoms with Crippen LogP contribution in [0.15, 0.2) is 29.6 Å². The van der Waals surface area contributed by atoms with Gasteiger partial charge in [-0.2, -0.15) is 0 Å². The molecule has 1 aromatic carbocycles. The third kappa shape index (κ3) is 4.19. The van der Waals surface area contributed by atoms with E-state index in [0.29, 0.717) is 17.4 Å². The molecule has 0 fully saturated rings. The second-order valence-corrected chi connectivity index (χ2v) is 9.09. The van der Waals surface area contributed by atoms with Crippen molar-refractivity contribution >= 4 is 17.6 Å². The molecular formula is C23H29ClN2O4. The molecule has 0 bridgehead atoms. The number of carbonyl (C=O) groups excluding carboxylic acids is 1. The molecule has 3 rings (SSSR count). The van der Waals surface area contributed by atoms with Gasteiger partial charge in [0.2, 0.25) is 0 Å². The minimum atomic E-state index is -0.547. The maximum Gasteiger partial charge on any atom is 0.341 e. The third-order valence-electron chi connectivity index (χ3n) is 5.55. The number of nitrogens with zero attached hydrogens (tertiary/aromatic N) is 2. The van der Waals surface area contributed by atoms with Crippen LogP contribution in [0.1, 0.15) is 62.5 Å². The Bertz CT molecular complexity index is 1020. The molecule has 6 nitrogen and oxygen atoms in total. The zero-order chi connectivity index (χ0) is 22.1. The van der Waals surface area contributed by atoms with Crippen LogP contribution >= 0.6 is 11.6 Å². The number of ether oxygens (including phenoxy) is 2. The SMILES string of the molecule is CCCCOc1cc2c(cc1Cl)-c1cc(=NO)c(C(=O)OC)cn1C(C(C)(C)C)C2. The standard InChI is InChI=1S/C23H29ClN2O4/c1-6-7-8-30-20-9-14-10-21(23(2,3)4)26-13-16(22(27)29-5)18(25-28)12-19(26)15(14)11-17(20)24/h9,11-13,21,28H,6-8,10H2,1-5H3. The molecule has 2 heterocycles. The van der Waals surface area contributed by atoms with E-state index in [2.05, 4.69) is 37.4 Å². The minimum absolute atomic E-state index is 0.0702. The van der Waals surface area contributed by atoms with Crippen molar-refractivity contribution < 1.29 is 19.5 Å². The topological polar surface area (TPSA) is 73.1 Å². The first-order valence-corrected chi connectivity index (χ1v) is 10.6. The maximum absolute atomic E-state index is 12.3. The summed E-state index contributed by atoms with van der Waals surface area (Å²) in [5.74, 6) is 0.137. The smallest absolute Gasteiger partial charge is 0.341 e. The Morgan fingerprint density at radius 3 is 2.67 bits per heavy atom. The molecule has 1 N–H and O–H groups in total. The van der Waals surface area contributed by atoms with Crippen LogP contribution in [0.3, 0.4) is 0 Å². The van der Waals surface area contributed by atoms with E-state index in [9.17, 15) is 10.0 Å². The summed E-state index contributed by atoms with van der Waals surface area (Å²) in [6.07, 6.45) is 4.49. The Labute approximate surface area is 182 Å². The van der Waals surface area contributed by atoms with Gasteiger partial charge in [-0.05, 0) is 42.0 Å². The lowest BCUT2D eigenvalue weighted by molar-refractivity contribution is 0.0595. The Morgan fingerprint density at radius 2 is 2.07 bits per heavy atom. The normalized spacial score (nSPS) is 16.1. The molecule has 0 saturated carbocycles. The summed E-state index contributed by atoms with van der Waals surface area (Å²) in [7, 11) is 1.31. The molecule has 1 unspecified atom stereocenters. The van der Waals surface area contributed by atoms with Gasteiger partial charge in [-0.15, -0.1) is 0 Å². The molecule has 2 aromatic rings. The lowest BCUT2D eigenvalue weighted by atomic mass is 9.79. The summed E-state index contributed by atoms with van der Waals surface area (Å²) in [4.78, 5) is 12.3. The van der Waals surface area contributed by atoms with Crippen molar-refractivity contribution in [3.8, 4) is 17.0 Å². The van der Waals surface area contributed by atoms with Gasteiger partial charge < -0.3 is 19.2 Å². The number of hydrogen-bond acceptors (Lipinski definition) is 5. The molecule has 0 amide bonds. The average Bonchev–Trinajstić information content (AvgIpc) is 2.71. The molecule has 162 valence electrons. The number of benzene rings is 1. The predicted octanol–water partition coefficient (Wildman–Crippen LogP) is 5.21. The van der Waals surface area contributed by atoms with Crippen LogP contribution in [0.4, 0.5) is 0 Å². The predicted molar refractivity (Wildman–Crippen MR) is 116 cm³/mol. The van der Waals surface area contributed by atoms with Crippen LogP contribution in [0.2, 0.25) is 5.02 Å². The summed E-state index contributed by atoms with van der Waals surface area (Å²) in [6, 6.07) is 5.68. The highest BCUT2D eigenvalue weighted by molar-refractivity contribution is 6.32. The van der Waals surface area contributed by atoms with Crippen LogP contribution in [-0.2, 0) is 11.2 Å². The highest BCUT2D eigenvalue weighted by Crippen LogP contribution is 2.45. The molecule has 0 spiro atoms. The number of rotatable bonds is 5. The highest BCUT2D eigenvalue weighted by Gasteiger charge is 2.34. The molecule has 1 aliphatic rings. The fraction of sp³-hybridized carbons (Fsp3) is 0.478. The van der Waals surface area contributed by atoms with E-state index < -0.39 is 5.97 Å². The second kappa shape index (κ2) is 8.72. The van der Waals surface area contributed by atoms with Crippen molar-refractivity contribution in [1.29, 1.82) is 0 Å². The van der Waals surface area contributed by atoms with E-state index >= 15 is 0 Å². The van der Waals surface area contributed by atoms with Crippen LogP contribution in [0.25, 0.3) is 11.3 Å². The third-order valence-corrected chi connectivity index (χ3v) is 5.84. The van der Waals surface area contributed by atoms with Crippen LogP contribution in [0.5, 0.6) is 5.75 Å². The van der Waals surface area contributed by atoms with E-state index in [1.807, 2.05) is 12.1 Å². The fourth-order valence-corrected chi connectivity index (χ4v) is 4.07. The number of esters is 1. The van der Waals surface area contributed by atoms with Gasteiger partial charge in [0.25, 0.3) is 0 Å². The Kier molecular flexibility index (Phi) is 6.46. The molecule has 0 aliphatic carbocycles. The van der Waals surface area contributed by atoms with E-state index in [-0.39, 0.29) is 22.4 Å². The number of carbonyl (C=O) groups is 1. The second-order valence-electron chi connectivity index (χ2n) is 8.68. The zero-order valence-electron chi connectivity index (χ0n) is 18.2. The Balaban J connectivity index is 2.22. The van der Waals surface area contributed by atoms with Gasteiger partial charge >= 0.3 is 5.97 Å². The number of pyridine rings is 1. The highest BCUT2D eigenvalue weighted by atomic mass is 35.5. The monoisotopic (exact) mass is 432 g/mol. The van der Waals surface area contributed by atoms with E-state index in [0.717, 1.165) is 36.1 Å². The van der Waals surface area contributed by atoms with E-state index in [1.54, 1.807) is 12.3 Å². The number of hydrogen-bond donors (Lipinski definition) is 1. The molecule has 0 radical (unpaired) electrons. The lowest BCUT2D eigenvalue weighted by Crippen LogP contribution is -2.33. The fourth-order valence-electron chi connectivity index (χ4n) is 3.85. The van der Waals surface area contributed by atoms with Gasteiger partial charge in [0.15, 0.2) is 0 Å². The molecular weight excluding hydrogens is 404 g/mol. The molecule has 7 heteroatoms. The number of halogens is 1. The molecule has 30 heavy (non-hydrogen) atoms. The molecule has 0 saturated heterocycles. The number of fused-ring (bicyclic) bond motifs is 3.